The molecule has 0 spiro atoms. The minimum absolute atomic E-state index is 0.0842. The first-order valence-corrected chi connectivity index (χ1v) is 10.2. The predicted octanol–water partition coefficient (Wildman–Crippen LogP) is 2.50. The summed E-state index contributed by atoms with van der Waals surface area (Å²) in [6.07, 6.45) is -3.57. The van der Waals surface area contributed by atoms with Crippen LogP contribution in [0.5, 0.6) is 0 Å². The minimum Gasteiger partial charge on any atom is -0.376 e. The van der Waals surface area contributed by atoms with E-state index in [0.29, 0.717) is 37.4 Å². The number of hydrogen-bond acceptors (Lipinski definition) is 4. The van der Waals surface area contributed by atoms with E-state index in [1.54, 1.807) is 24.3 Å². The molecule has 4 rings (SSSR count). The van der Waals surface area contributed by atoms with E-state index in [1.165, 1.54) is 8.99 Å². The Morgan fingerprint density at radius 2 is 1.93 bits per heavy atom. The van der Waals surface area contributed by atoms with Gasteiger partial charge in [0.05, 0.1) is 30.3 Å². The fraction of sp³-hybridized carbons (Fsp3) is 0.471. The Kier molecular flexibility index (Phi) is 4.52. The summed E-state index contributed by atoms with van der Waals surface area (Å²) in [5.41, 5.74) is 0.968. The van der Waals surface area contributed by atoms with E-state index < -0.39 is 21.9 Å². The average Bonchev–Trinajstić information content (AvgIpc) is 3.16. The number of benzene rings is 1. The summed E-state index contributed by atoms with van der Waals surface area (Å²) < 4.78 is 71.6. The van der Waals surface area contributed by atoms with Crippen LogP contribution in [0.2, 0.25) is 0 Å². The number of ether oxygens (including phenoxy) is 1. The van der Waals surface area contributed by atoms with Crippen LogP contribution in [0.25, 0.3) is 5.69 Å². The van der Waals surface area contributed by atoms with Gasteiger partial charge in [-0.3, -0.25) is 0 Å². The molecule has 10 heteroatoms. The number of halogens is 3. The number of alkyl halides is 3. The van der Waals surface area contributed by atoms with Gasteiger partial charge in [0.25, 0.3) is 0 Å². The molecule has 0 radical (unpaired) electrons. The van der Waals surface area contributed by atoms with Gasteiger partial charge in [-0.05, 0) is 24.1 Å². The third kappa shape index (κ3) is 3.48. The molecule has 2 aliphatic heterocycles. The Hall–Kier alpha value is -1.91. The standard InChI is InChI=1S/C17H18F3N3O3S/c18-17(19,20)16-14-11-26-8-6-15(14)23(21-16)13-4-2-12(3-5-13)10-22-7-1-9-27(22,24)25/h2-5H,1,6-11H2. The van der Waals surface area contributed by atoms with Gasteiger partial charge in [-0.15, -0.1) is 0 Å². The molecule has 3 heterocycles. The summed E-state index contributed by atoms with van der Waals surface area (Å²) in [5, 5.41) is 3.79. The van der Waals surface area contributed by atoms with Crippen molar-refractivity contribution in [2.45, 2.75) is 32.2 Å². The molecule has 0 saturated carbocycles. The Morgan fingerprint density at radius 3 is 2.56 bits per heavy atom. The zero-order valence-corrected chi connectivity index (χ0v) is 15.2. The van der Waals surface area contributed by atoms with Gasteiger partial charge in [0.1, 0.15) is 0 Å². The van der Waals surface area contributed by atoms with Gasteiger partial charge < -0.3 is 4.74 Å². The van der Waals surface area contributed by atoms with Crippen molar-refractivity contribution >= 4 is 10.0 Å². The monoisotopic (exact) mass is 401 g/mol. The Labute approximate surface area is 154 Å². The zero-order chi connectivity index (χ0) is 19.2. The fourth-order valence-corrected chi connectivity index (χ4v) is 5.00. The lowest BCUT2D eigenvalue weighted by Gasteiger charge is -2.16. The predicted molar refractivity (Wildman–Crippen MR) is 90.7 cm³/mol. The first-order chi connectivity index (χ1) is 12.8. The number of fused-ring (bicyclic) bond motifs is 1. The number of aromatic nitrogens is 2. The lowest BCUT2D eigenvalue weighted by atomic mass is 10.1. The van der Waals surface area contributed by atoms with Crippen LogP contribution in [-0.2, 0) is 40.5 Å². The first kappa shape index (κ1) is 18.5. The van der Waals surface area contributed by atoms with Crippen LogP contribution in [0.15, 0.2) is 24.3 Å². The second kappa shape index (κ2) is 6.61. The highest BCUT2D eigenvalue weighted by atomic mass is 32.2. The van der Waals surface area contributed by atoms with Gasteiger partial charge in [-0.1, -0.05) is 12.1 Å². The zero-order valence-electron chi connectivity index (χ0n) is 14.4. The highest BCUT2D eigenvalue weighted by Crippen LogP contribution is 2.35. The molecule has 0 aliphatic carbocycles. The van der Waals surface area contributed by atoms with Crippen LogP contribution >= 0.6 is 0 Å². The fourth-order valence-electron chi connectivity index (χ4n) is 3.49. The highest BCUT2D eigenvalue weighted by Gasteiger charge is 2.40. The summed E-state index contributed by atoms with van der Waals surface area (Å²) in [6, 6.07) is 6.79. The number of nitrogens with zero attached hydrogens (tertiary/aromatic N) is 3. The molecule has 1 saturated heterocycles. The largest absolute Gasteiger partial charge is 0.435 e. The van der Waals surface area contributed by atoms with E-state index in [9.17, 15) is 21.6 Å². The summed E-state index contributed by atoms with van der Waals surface area (Å²) >= 11 is 0. The average molecular weight is 401 g/mol. The maximum absolute atomic E-state index is 13.3. The van der Waals surface area contributed by atoms with Gasteiger partial charge >= 0.3 is 6.18 Å². The number of rotatable bonds is 3. The first-order valence-electron chi connectivity index (χ1n) is 8.58. The van der Waals surface area contributed by atoms with Crippen LogP contribution in [0.3, 0.4) is 0 Å². The quantitative estimate of drug-likeness (QED) is 0.793. The lowest BCUT2D eigenvalue weighted by molar-refractivity contribution is -0.142. The van der Waals surface area contributed by atoms with Crippen molar-refractivity contribution in [3.63, 3.8) is 0 Å². The minimum atomic E-state index is -4.54. The third-order valence-corrected chi connectivity index (χ3v) is 6.73. The van der Waals surface area contributed by atoms with Crippen molar-refractivity contribution < 1.29 is 26.3 Å². The smallest absolute Gasteiger partial charge is 0.376 e. The Bertz CT molecular complexity index is 952. The van der Waals surface area contributed by atoms with Crippen LogP contribution < -0.4 is 0 Å². The van der Waals surface area contributed by atoms with Crippen LogP contribution in [-0.4, -0.2) is 41.4 Å². The molecule has 1 aromatic heterocycles. The van der Waals surface area contributed by atoms with Crippen LogP contribution in [0.1, 0.15) is 28.9 Å². The molecular formula is C17H18F3N3O3S. The molecule has 2 aromatic rings. The van der Waals surface area contributed by atoms with Crippen molar-refractivity contribution in [3.8, 4) is 5.69 Å². The van der Waals surface area contributed by atoms with Crippen molar-refractivity contribution in [1.82, 2.24) is 14.1 Å². The molecule has 2 aliphatic rings. The van der Waals surface area contributed by atoms with Gasteiger partial charge in [-0.25, -0.2) is 13.1 Å². The van der Waals surface area contributed by atoms with Gasteiger partial charge in [0.2, 0.25) is 10.0 Å². The molecule has 1 aromatic carbocycles. The van der Waals surface area contributed by atoms with E-state index >= 15 is 0 Å². The van der Waals surface area contributed by atoms with Gasteiger partial charge in [0, 0.05) is 25.1 Å². The van der Waals surface area contributed by atoms with Crippen molar-refractivity contribution in [1.29, 1.82) is 0 Å². The molecule has 1 fully saturated rings. The number of hydrogen-bond donors (Lipinski definition) is 0. The summed E-state index contributed by atoms with van der Waals surface area (Å²) in [7, 11) is -3.20. The molecule has 146 valence electrons. The van der Waals surface area contributed by atoms with Gasteiger partial charge in [-0.2, -0.15) is 22.6 Å². The van der Waals surface area contributed by atoms with Crippen LogP contribution in [0, 0.1) is 0 Å². The molecular weight excluding hydrogens is 383 g/mol. The van der Waals surface area contributed by atoms with Crippen molar-refractivity contribution in [2.24, 2.45) is 0 Å². The summed E-state index contributed by atoms with van der Waals surface area (Å²) in [6.45, 7) is 1.00. The second-order valence-electron chi connectivity index (χ2n) is 6.66. The maximum atomic E-state index is 13.3. The maximum Gasteiger partial charge on any atom is 0.435 e. The molecule has 0 amide bonds. The molecule has 6 nitrogen and oxygen atoms in total. The van der Waals surface area contributed by atoms with E-state index in [4.69, 9.17) is 4.74 Å². The topological polar surface area (TPSA) is 64.4 Å². The van der Waals surface area contributed by atoms with E-state index in [1.807, 2.05) is 0 Å². The van der Waals surface area contributed by atoms with Crippen LogP contribution in [0.4, 0.5) is 13.2 Å². The van der Waals surface area contributed by atoms with E-state index in [2.05, 4.69) is 5.10 Å². The summed E-state index contributed by atoms with van der Waals surface area (Å²) in [4.78, 5) is 0. The lowest BCUT2D eigenvalue weighted by Crippen LogP contribution is -2.25. The third-order valence-electron chi connectivity index (χ3n) is 4.83. The molecule has 0 N–H and O–H groups in total. The second-order valence-corrected chi connectivity index (χ2v) is 8.74. The van der Waals surface area contributed by atoms with Crippen molar-refractivity contribution in [2.75, 3.05) is 18.9 Å². The van der Waals surface area contributed by atoms with E-state index in [-0.39, 0.29) is 24.5 Å². The van der Waals surface area contributed by atoms with Gasteiger partial charge in [0.15, 0.2) is 5.69 Å². The Morgan fingerprint density at radius 1 is 1.19 bits per heavy atom. The number of sulfonamides is 1. The normalized spacial score (nSPS) is 20.0. The molecule has 0 unspecified atom stereocenters. The molecule has 27 heavy (non-hydrogen) atoms. The molecule has 0 atom stereocenters. The highest BCUT2D eigenvalue weighted by molar-refractivity contribution is 7.89. The van der Waals surface area contributed by atoms with E-state index in [0.717, 1.165) is 5.56 Å². The summed E-state index contributed by atoms with van der Waals surface area (Å²) in [5.74, 6) is 0.160. The molecule has 0 bridgehead atoms. The van der Waals surface area contributed by atoms with Crippen molar-refractivity contribution in [3.05, 3.63) is 46.8 Å². The Balaban J connectivity index is 1.64. The SMILES string of the molecule is O=S1(=O)CCCN1Cc1ccc(-n2nc(C(F)(F)F)c3c2CCOC3)cc1.